The second-order valence-electron chi connectivity index (χ2n) is 13.5. The fourth-order valence-electron chi connectivity index (χ4n) is 7.74. The van der Waals surface area contributed by atoms with E-state index in [2.05, 4.69) is 20.1 Å². The van der Waals surface area contributed by atoms with E-state index in [9.17, 15) is 19.5 Å². The summed E-state index contributed by atoms with van der Waals surface area (Å²) in [6, 6.07) is 17.7. The van der Waals surface area contributed by atoms with Crippen LogP contribution in [-0.4, -0.2) is 78.3 Å². The van der Waals surface area contributed by atoms with Crippen LogP contribution < -0.4 is 0 Å². The molecule has 2 aromatic carbocycles. The van der Waals surface area contributed by atoms with E-state index >= 15 is 0 Å². The molecule has 3 heterocycles. The molecule has 6 atom stereocenters. The third-order valence-corrected chi connectivity index (χ3v) is 11.7. The van der Waals surface area contributed by atoms with Gasteiger partial charge in [-0.25, -0.2) is 0 Å². The van der Waals surface area contributed by atoms with Gasteiger partial charge in [-0.2, -0.15) is 0 Å². The fourth-order valence-corrected chi connectivity index (χ4v) is 10.1. The molecule has 1 N–H and O–H groups in total. The van der Waals surface area contributed by atoms with Gasteiger partial charge < -0.3 is 19.8 Å². The molecule has 2 unspecified atom stereocenters. The van der Waals surface area contributed by atoms with Gasteiger partial charge in [0.05, 0.1) is 29.2 Å². The lowest BCUT2D eigenvalue weighted by Gasteiger charge is -2.43. The summed E-state index contributed by atoms with van der Waals surface area (Å²) in [6.07, 6.45) is 4.79. The van der Waals surface area contributed by atoms with E-state index in [1.807, 2.05) is 81.4 Å². The first-order valence-electron chi connectivity index (χ1n) is 15.5. The van der Waals surface area contributed by atoms with Gasteiger partial charge in [-0.1, -0.05) is 72.8 Å². The lowest BCUT2D eigenvalue weighted by molar-refractivity contribution is -0.149. The standard InChI is InChI=1S/C36H45N3O4S/c1-7-21-37(23-25-15-11-9-12-16-25)31(41)28-29-32(42)39(27(24-40)26-17-13-10-14-18-26)30(36(29)20-19-35(28,6)44-36)33(43)38(22-8-2)34(3,4)5/h7-18,27-30,40H,1-2,19-24H2,3-6H3/t27-,28+,29+,30?,35-,36?/m1/s1. The zero-order valence-electron chi connectivity index (χ0n) is 26.3. The largest absolute Gasteiger partial charge is 0.394 e. The zero-order valence-corrected chi connectivity index (χ0v) is 27.1. The van der Waals surface area contributed by atoms with Crippen LogP contribution in [0.15, 0.2) is 86.0 Å². The Morgan fingerprint density at radius 1 is 1.02 bits per heavy atom. The minimum Gasteiger partial charge on any atom is -0.394 e. The molecule has 1 spiro atoms. The molecule has 5 rings (SSSR count). The second-order valence-corrected chi connectivity index (χ2v) is 15.4. The number of carbonyl (C=O) groups is 3. The number of aliphatic hydroxyl groups is 1. The molecule has 7 nitrogen and oxygen atoms in total. The van der Waals surface area contributed by atoms with Crippen LogP contribution >= 0.6 is 11.8 Å². The summed E-state index contributed by atoms with van der Waals surface area (Å²) >= 11 is 1.65. The molecular formula is C36H45N3O4S. The van der Waals surface area contributed by atoms with E-state index in [1.54, 1.807) is 38.6 Å². The van der Waals surface area contributed by atoms with Crippen molar-refractivity contribution in [3.8, 4) is 0 Å². The number of amides is 3. The molecule has 3 aliphatic rings. The second kappa shape index (κ2) is 12.2. The number of likely N-dealkylation sites (tertiary alicyclic amines) is 1. The first-order valence-corrected chi connectivity index (χ1v) is 16.3. The van der Waals surface area contributed by atoms with E-state index in [4.69, 9.17) is 0 Å². The molecule has 3 fully saturated rings. The number of fused-ring (bicyclic) bond motifs is 1. The van der Waals surface area contributed by atoms with E-state index in [0.29, 0.717) is 26.1 Å². The molecule has 3 saturated heterocycles. The highest BCUT2D eigenvalue weighted by Gasteiger charge is 2.78. The minimum absolute atomic E-state index is 0.0873. The molecule has 3 aliphatic heterocycles. The van der Waals surface area contributed by atoms with Crippen LogP contribution in [0.5, 0.6) is 0 Å². The van der Waals surface area contributed by atoms with Crippen LogP contribution in [-0.2, 0) is 20.9 Å². The topological polar surface area (TPSA) is 81.2 Å². The molecule has 2 bridgehead atoms. The van der Waals surface area contributed by atoms with Gasteiger partial charge in [0, 0.05) is 29.9 Å². The Labute approximate surface area is 266 Å². The third kappa shape index (κ3) is 5.30. The maximum atomic E-state index is 14.9. The number of aliphatic hydroxyl groups excluding tert-OH is 1. The van der Waals surface area contributed by atoms with Crippen molar-refractivity contribution in [1.29, 1.82) is 0 Å². The first kappa shape index (κ1) is 32.0. The summed E-state index contributed by atoms with van der Waals surface area (Å²) in [5.41, 5.74) is 1.22. The quantitative estimate of drug-likeness (QED) is 0.350. The molecule has 0 radical (unpaired) electrons. The van der Waals surface area contributed by atoms with Gasteiger partial charge in [0.1, 0.15) is 6.04 Å². The Kier molecular flexibility index (Phi) is 8.89. The van der Waals surface area contributed by atoms with Crippen LogP contribution in [0.1, 0.15) is 57.7 Å². The Morgan fingerprint density at radius 3 is 2.20 bits per heavy atom. The summed E-state index contributed by atoms with van der Waals surface area (Å²) in [5, 5.41) is 10.8. The van der Waals surface area contributed by atoms with Gasteiger partial charge in [-0.15, -0.1) is 24.9 Å². The van der Waals surface area contributed by atoms with Crippen LogP contribution in [0.25, 0.3) is 0 Å². The van der Waals surface area contributed by atoms with Gasteiger partial charge in [0.15, 0.2) is 0 Å². The summed E-state index contributed by atoms with van der Waals surface area (Å²) in [5.74, 6) is -1.80. The number of hydrogen-bond donors (Lipinski definition) is 1. The highest BCUT2D eigenvalue weighted by atomic mass is 32.2. The molecule has 8 heteroatoms. The molecule has 3 amide bonds. The van der Waals surface area contributed by atoms with Gasteiger partial charge in [-0.3, -0.25) is 14.4 Å². The van der Waals surface area contributed by atoms with Gasteiger partial charge >= 0.3 is 0 Å². The number of nitrogens with zero attached hydrogens (tertiary/aromatic N) is 3. The smallest absolute Gasteiger partial charge is 0.247 e. The lowest BCUT2D eigenvalue weighted by Crippen LogP contribution is -2.59. The Balaban J connectivity index is 1.63. The number of carbonyl (C=O) groups excluding carboxylic acids is 3. The average molecular weight is 616 g/mol. The SMILES string of the molecule is C=CCN(Cc1ccccc1)C(=O)[C@@H]1[C@H]2C(=O)N([C@H](CO)c3ccccc3)C(C(=O)N(CC=C)C(C)(C)C)C23CC[C@@]1(C)S3. The molecule has 2 aromatic rings. The average Bonchev–Trinajstić information content (AvgIpc) is 3.57. The number of thioether (sulfide) groups is 1. The summed E-state index contributed by atoms with van der Waals surface area (Å²) < 4.78 is -1.31. The lowest BCUT2D eigenvalue weighted by atomic mass is 9.66. The first-order chi connectivity index (χ1) is 20.9. The third-order valence-electron chi connectivity index (χ3n) is 9.67. The van der Waals surface area contributed by atoms with E-state index in [-0.39, 0.29) is 24.3 Å². The predicted octanol–water partition coefficient (Wildman–Crippen LogP) is 5.23. The van der Waals surface area contributed by atoms with Crippen LogP contribution in [0, 0.1) is 11.8 Å². The monoisotopic (exact) mass is 615 g/mol. The van der Waals surface area contributed by atoms with Crippen molar-refractivity contribution in [3.63, 3.8) is 0 Å². The zero-order chi connectivity index (χ0) is 31.9. The van der Waals surface area contributed by atoms with Crippen molar-refractivity contribution >= 4 is 29.5 Å². The summed E-state index contributed by atoms with van der Waals surface area (Å²) in [6.45, 7) is 16.6. The normalized spacial score (nSPS) is 28.0. The maximum Gasteiger partial charge on any atom is 0.247 e. The molecule has 0 saturated carbocycles. The van der Waals surface area contributed by atoms with Crippen molar-refractivity contribution in [3.05, 3.63) is 97.1 Å². The molecule has 0 aliphatic carbocycles. The highest BCUT2D eigenvalue weighted by molar-refractivity contribution is 8.02. The fraction of sp³-hybridized carbons (Fsp3) is 0.472. The number of hydrogen-bond acceptors (Lipinski definition) is 5. The Bertz CT molecular complexity index is 1410. The Morgan fingerprint density at radius 2 is 1.64 bits per heavy atom. The van der Waals surface area contributed by atoms with E-state index in [0.717, 1.165) is 17.5 Å². The van der Waals surface area contributed by atoms with Crippen molar-refractivity contribution < 1.29 is 19.5 Å². The van der Waals surface area contributed by atoms with Crippen molar-refractivity contribution in [2.45, 2.75) is 74.2 Å². The Hall–Kier alpha value is -3.36. The predicted molar refractivity (Wildman–Crippen MR) is 176 cm³/mol. The van der Waals surface area contributed by atoms with Crippen LogP contribution in [0.3, 0.4) is 0 Å². The van der Waals surface area contributed by atoms with Crippen molar-refractivity contribution in [2.24, 2.45) is 11.8 Å². The number of rotatable bonds is 11. The van der Waals surface area contributed by atoms with E-state index < -0.39 is 39.0 Å². The minimum atomic E-state index is -0.844. The molecule has 234 valence electrons. The van der Waals surface area contributed by atoms with Crippen molar-refractivity contribution in [2.75, 3.05) is 19.7 Å². The molecule has 0 aromatic heterocycles. The van der Waals surface area contributed by atoms with Crippen LogP contribution in [0.4, 0.5) is 0 Å². The summed E-state index contributed by atoms with van der Waals surface area (Å²) in [7, 11) is 0. The van der Waals surface area contributed by atoms with Gasteiger partial charge in [0.2, 0.25) is 17.7 Å². The van der Waals surface area contributed by atoms with Crippen LogP contribution in [0.2, 0.25) is 0 Å². The highest BCUT2D eigenvalue weighted by Crippen LogP contribution is 2.72. The molecular weight excluding hydrogens is 570 g/mol. The van der Waals surface area contributed by atoms with Gasteiger partial charge in [-0.05, 0) is 51.7 Å². The maximum absolute atomic E-state index is 14.9. The number of benzene rings is 2. The van der Waals surface area contributed by atoms with Crippen molar-refractivity contribution in [1.82, 2.24) is 14.7 Å². The molecule has 44 heavy (non-hydrogen) atoms. The summed E-state index contributed by atoms with van der Waals surface area (Å²) in [4.78, 5) is 49.6. The van der Waals surface area contributed by atoms with Gasteiger partial charge in [0.25, 0.3) is 0 Å². The van der Waals surface area contributed by atoms with E-state index in [1.165, 1.54) is 0 Å².